The molecule has 1 aromatic rings. The van der Waals surface area contributed by atoms with Crippen LogP contribution in [-0.4, -0.2) is 13.2 Å². The zero-order chi connectivity index (χ0) is 12.8. The van der Waals surface area contributed by atoms with Gasteiger partial charge in [-0.1, -0.05) is 17.7 Å². The van der Waals surface area contributed by atoms with E-state index in [2.05, 4.69) is 18.8 Å². The molecule has 0 saturated carbocycles. The molecule has 0 aromatic heterocycles. The minimum Gasteiger partial charge on any atom is -0.495 e. The molecule has 0 bridgehead atoms. The number of anilines is 1. The second-order valence-corrected chi connectivity index (χ2v) is 4.62. The van der Waals surface area contributed by atoms with Gasteiger partial charge in [-0.3, -0.25) is 0 Å². The molecule has 0 aliphatic heterocycles. The van der Waals surface area contributed by atoms with Crippen molar-refractivity contribution in [2.75, 3.05) is 12.4 Å². The molecule has 0 radical (unpaired) electrons. The molecule has 1 unspecified atom stereocenters. The summed E-state index contributed by atoms with van der Waals surface area (Å²) in [5, 5.41) is 4.16. The number of benzene rings is 1. The first-order chi connectivity index (χ1) is 8.08. The molecule has 1 rings (SSSR count). The average Bonchev–Trinajstić information content (AvgIpc) is 2.31. The van der Waals surface area contributed by atoms with Gasteiger partial charge in [0, 0.05) is 17.1 Å². The zero-order valence-corrected chi connectivity index (χ0v) is 11.5. The number of aryl methyl sites for hydroxylation is 1. The standard InChI is InChI=1S/C14H20ClNO/c1-5-6-7-11(3)16-13-8-10(2)12(15)9-14(13)17-4/h5,8-9,11,16H,1,6-7H2,2-4H3. The monoisotopic (exact) mass is 253 g/mol. The highest BCUT2D eigenvalue weighted by Gasteiger charge is 2.09. The van der Waals surface area contributed by atoms with Gasteiger partial charge >= 0.3 is 0 Å². The third-order valence-corrected chi connectivity index (χ3v) is 3.09. The van der Waals surface area contributed by atoms with Crippen molar-refractivity contribution in [2.24, 2.45) is 0 Å². The number of hydrogen-bond acceptors (Lipinski definition) is 2. The van der Waals surface area contributed by atoms with Gasteiger partial charge in [0.15, 0.2) is 0 Å². The summed E-state index contributed by atoms with van der Waals surface area (Å²) < 4.78 is 5.32. The lowest BCUT2D eigenvalue weighted by molar-refractivity contribution is 0.416. The number of ether oxygens (including phenoxy) is 1. The summed E-state index contributed by atoms with van der Waals surface area (Å²) in [5.74, 6) is 0.783. The molecule has 3 heteroatoms. The number of hydrogen-bond donors (Lipinski definition) is 1. The predicted octanol–water partition coefficient (Wildman–Crippen LogP) is 4.42. The first-order valence-corrected chi connectivity index (χ1v) is 6.17. The number of nitrogens with one attached hydrogen (secondary N) is 1. The van der Waals surface area contributed by atoms with Crippen LogP contribution in [0.1, 0.15) is 25.3 Å². The van der Waals surface area contributed by atoms with E-state index in [4.69, 9.17) is 16.3 Å². The molecule has 0 aliphatic carbocycles. The van der Waals surface area contributed by atoms with E-state index in [1.54, 1.807) is 7.11 Å². The minimum absolute atomic E-state index is 0.377. The maximum absolute atomic E-state index is 6.06. The lowest BCUT2D eigenvalue weighted by Crippen LogP contribution is -2.15. The lowest BCUT2D eigenvalue weighted by Gasteiger charge is -2.18. The van der Waals surface area contributed by atoms with Gasteiger partial charge in [0.1, 0.15) is 5.75 Å². The summed E-state index contributed by atoms with van der Waals surface area (Å²) in [6, 6.07) is 4.24. The van der Waals surface area contributed by atoms with E-state index in [-0.39, 0.29) is 0 Å². The van der Waals surface area contributed by atoms with E-state index < -0.39 is 0 Å². The maximum Gasteiger partial charge on any atom is 0.143 e. The Kier molecular flexibility index (Phi) is 5.36. The van der Waals surface area contributed by atoms with Crippen molar-refractivity contribution in [1.82, 2.24) is 0 Å². The molecule has 0 heterocycles. The molecule has 1 N–H and O–H groups in total. The fourth-order valence-electron chi connectivity index (χ4n) is 1.65. The van der Waals surface area contributed by atoms with Crippen LogP contribution in [0.3, 0.4) is 0 Å². The van der Waals surface area contributed by atoms with E-state index in [0.29, 0.717) is 6.04 Å². The number of allylic oxidation sites excluding steroid dienone is 1. The van der Waals surface area contributed by atoms with Crippen LogP contribution in [0.15, 0.2) is 24.8 Å². The molecule has 0 amide bonds. The third-order valence-electron chi connectivity index (χ3n) is 2.69. The highest BCUT2D eigenvalue weighted by molar-refractivity contribution is 6.31. The van der Waals surface area contributed by atoms with Crippen molar-refractivity contribution in [1.29, 1.82) is 0 Å². The van der Waals surface area contributed by atoms with Crippen LogP contribution >= 0.6 is 11.6 Å². The molecule has 94 valence electrons. The van der Waals surface area contributed by atoms with Gasteiger partial charge < -0.3 is 10.1 Å². The second-order valence-electron chi connectivity index (χ2n) is 4.21. The van der Waals surface area contributed by atoms with E-state index in [1.807, 2.05) is 25.1 Å². The first-order valence-electron chi connectivity index (χ1n) is 5.80. The molecular formula is C14H20ClNO. The molecule has 0 saturated heterocycles. The van der Waals surface area contributed by atoms with Gasteiger partial charge in [0.05, 0.1) is 12.8 Å². The van der Waals surface area contributed by atoms with Crippen LogP contribution in [0.5, 0.6) is 5.75 Å². The number of halogens is 1. The largest absolute Gasteiger partial charge is 0.495 e. The SMILES string of the molecule is C=CCCC(C)Nc1cc(C)c(Cl)cc1OC. The van der Waals surface area contributed by atoms with Gasteiger partial charge in [-0.25, -0.2) is 0 Å². The molecule has 0 aliphatic rings. The minimum atomic E-state index is 0.377. The van der Waals surface area contributed by atoms with Crippen LogP contribution < -0.4 is 10.1 Å². The summed E-state index contributed by atoms with van der Waals surface area (Å²) in [6.45, 7) is 7.86. The van der Waals surface area contributed by atoms with E-state index in [1.165, 1.54) is 0 Å². The quantitative estimate of drug-likeness (QED) is 0.758. The Labute approximate surface area is 109 Å². The Morgan fingerprint density at radius 1 is 1.53 bits per heavy atom. The van der Waals surface area contributed by atoms with Crippen LogP contribution in [-0.2, 0) is 0 Å². The van der Waals surface area contributed by atoms with Crippen LogP contribution in [0, 0.1) is 6.92 Å². The number of rotatable bonds is 6. The van der Waals surface area contributed by atoms with Gasteiger partial charge in [0.25, 0.3) is 0 Å². The van der Waals surface area contributed by atoms with Gasteiger partial charge in [-0.2, -0.15) is 0 Å². The van der Waals surface area contributed by atoms with Gasteiger partial charge in [-0.05, 0) is 38.3 Å². The Morgan fingerprint density at radius 3 is 2.82 bits per heavy atom. The normalized spacial score (nSPS) is 12.0. The van der Waals surface area contributed by atoms with Crippen molar-refractivity contribution in [3.8, 4) is 5.75 Å². The molecule has 1 atom stereocenters. The van der Waals surface area contributed by atoms with E-state index >= 15 is 0 Å². The van der Waals surface area contributed by atoms with E-state index in [9.17, 15) is 0 Å². The summed E-state index contributed by atoms with van der Waals surface area (Å²) in [6.07, 6.45) is 3.99. The Balaban J connectivity index is 2.82. The lowest BCUT2D eigenvalue weighted by atomic mass is 10.1. The van der Waals surface area contributed by atoms with Crippen LogP contribution in [0.25, 0.3) is 0 Å². The zero-order valence-electron chi connectivity index (χ0n) is 10.7. The van der Waals surface area contributed by atoms with Crippen molar-refractivity contribution < 1.29 is 4.74 Å². The summed E-state index contributed by atoms with van der Waals surface area (Å²) in [4.78, 5) is 0. The predicted molar refractivity (Wildman–Crippen MR) is 75.3 cm³/mol. The summed E-state index contributed by atoms with van der Waals surface area (Å²) >= 11 is 6.06. The summed E-state index contributed by atoms with van der Waals surface area (Å²) in [5.41, 5.74) is 2.04. The molecule has 1 aromatic carbocycles. The molecular weight excluding hydrogens is 234 g/mol. The van der Waals surface area contributed by atoms with Crippen molar-refractivity contribution in [2.45, 2.75) is 32.7 Å². The Bertz CT molecular complexity index is 390. The van der Waals surface area contributed by atoms with Crippen molar-refractivity contribution in [3.63, 3.8) is 0 Å². The highest BCUT2D eigenvalue weighted by atomic mass is 35.5. The second kappa shape index (κ2) is 6.55. The maximum atomic E-state index is 6.06. The topological polar surface area (TPSA) is 21.3 Å². The summed E-state index contributed by atoms with van der Waals surface area (Å²) in [7, 11) is 1.65. The molecule has 0 spiro atoms. The van der Waals surface area contributed by atoms with Crippen molar-refractivity contribution >= 4 is 17.3 Å². The highest BCUT2D eigenvalue weighted by Crippen LogP contribution is 2.31. The van der Waals surface area contributed by atoms with Crippen molar-refractivity contribution in [3.05, 3.63) is 35.4 Å². The van der Waals surface area contributed by atoms with Gasteiger partial charge in [0.2, 0.25) is 0 Å². The average molecular weight is 254 g/mol. The Hall–Kier alpha value is -1.15. The molecule has 0 fully saturated rings. The van der Waals surface area contributed by atoms with E-state index in [0.717, 1.165) is 34.9 Å². The third kappa shape index (κ3) is 3.97. The Morgan fingerprint density at radius 2 is 2.24 bits per heavy atom. The fraction of sp³-hybridized carbons (Fsp3) is 0.429. The van der Waals surface area contributed by atoms with Crippen LogP contribution in [0.2, 0.25) is 5.02 Å². The smallest absolute Gasteiger partial charge is 0.143 e. The molecule has 2 nitrogen and oxygen atoms in total. The molecule has 17 heavy (non-hydrogen) atoms. The first kappa shape index (κ1) is 13.9. The van der Waals surface area contributed by atoms with Crippen LogP contribution in [0.4, 0.5) is 5.69 Å². The van der Waals surface area contributed by atoms with Gasteiger partial charge in [-0.15, -0.1) is 6.58 Å². The fourth-order valence-corrected chi connectivity index (χ4v) is 1.80. The number of methoxy groups -OCH3 is 1.